The Morgan fingerprint density at radius 3 is 2.70 bits per heavy atom. The number of hydrogen-bond acceptors (Lipinski definition) is 3. The molecule has 1 aromatic carbocycles. The standard InChI is InChI=1S/C14H20F2N2O2/c1-10-4-3-5-12(11(10)2)17-14(20)9-18(6-7-19)8-13(15)16/h3-5,13,19H,6-9H2,1-2H3,(H,17,20). The lowest BCUT2D eigenvalue weighted by molar-refractivity contribution is -0.117. The van der Waals surface area contributed by atoms with Gasteiger partial charge in [0.25, 0.3) is 6.43 Å². The minimum Gasteiger partial charge on any atom is -0.395 e. The maximum Gasteiger partial charge on any atom is 0.251 e. The first-order valence-corrected chi connectivity index (χ1v) is 6.41. The van der Waals surface area contributed by atoms with Gasteiger partial charge in [0.2, 0.25) is 5.91 Å². The molecule has 2 N–H and O–H groups in total. The minimum absolute atomic E-state index is 0.0462. The predicted molar refractivity (Wildman–Crippen MR) is 74.1 cm³/mol. The Morgan fingerprint density at radius 2 is 2.10 bits per heavy atom. The van der Waals surface area contributed by atoms with E-state index < -0.39 is 13.0 Å². The Labute approximate surface area is 117 Å². The molecule has 0 aliphatic heterocycles. The van der Waals surface area contributed by atoms with E-state index in [9.17, 15) is 13.6 Å². The lowest BCUT2D eigenvalue weighted by Gasteiger charge is -2.20. The number of amides is 1. The monoisotopic (exact) mass is 286 g/mol. The van der Waals surface area contributed by atoms with Crippen molar-refractivity contribution >= 4 is 11.6 Å². The number of aliphatic hydroxyl groups is 1. The lowest BCUT2D eigenvalue weighted by atomic mass is 10.1. The number of aliphatic hydroxyl groups excluding tert-OH is 1. The van der Waals surface area contributed by atoms with Gasteiger partial charge < -0.3 is 10.4 Å². The van der Waals surface area contributed by atoms with Gasteiger partial charge in [-0.1, -0.05) is 12.1 Å². The van der Waals surface area contributed by atoms with Gasteiger partial charge in [0.15, 0.2) is 0 Å². The van der Waals surface area contributed by atoms with E-state index in [0.717, 1.165) is 11.1 Å². The molecule has 0 fully saturated rings. The fourth-order valence-electron chi connectivity index (χ4n) is 1.85. The van der Waals surface area contributed by atoms with Crippen LogP contribution in [0.3, 0.4) is 0 Å². The van der Waals surface area contributed by atoms with Gasteiger partial charge in [0.1, 0.15) is 0 Å². The zero-order chi connectivity index (χ0) is 15.1. The van der Waals surface area contributed by atoms with Crippen molar-refractivity contribution in [1.29, 1.82) is 0 Å². The first kappa shape index (κ1) is 16.5. The van der Waals surface area contributed by atoms with E-state index in [-0.39, 0.29) is 25.6 Å². The van der Waals surface area contributed by atoms with Crippen molar-refractivity contribution in [2.75, 3.05) is 31.6 Å². The molecular formula is C14H20F2N2O2. The average Bonchev–Trinajstić information content (AvgIpc) is 2.34. The van der Waals surface area contributed by atoms with E-state index in [2.05, 4.69) is 5.32 Å². The van der Waals surface area contributed by atoms with Crippen LogP contribution in [-0.4, -0.2) is 48.6 Å². The second-order valence-corrected chi connectivity index (χ2v) is 4.65. The van der Waals surface area contributed by atoms with Crippen LogP contribution in [-0.2, 0) is 4.79 Å². The van der Waals surface area contributed by atoms with E-state index >= 15 is 0 Å². The summed E-state index contributed by atoms with van der Waals surface area (Å²) in [6.07, 6.45) is -2.53. The molecule has 112 valence electrons. The van der Waals surface area contributed by atoms with Gasteiger partial charge in [-0.3, -0.25) is 9.69 Å². The molecule has 1 rings (SSSR count). The quantitative estimate of drug-likeness (QED) is 0.803. The van der Waals surface area contributed by atoms with Crippen LogP contribution in [0.15, 0.2) is 18.2 Å². The summed E-state index contributed by atoms with van der Waals surface area (Å²) in [5.41, 5.74) is 2.67. The highest BCUT2D eigenvalue weighted by Crippen LogP contribution is 2.17. The van der Waals surface area contributed by atoms with Gasteiger partial charge in [-0.15, -0.1) is 0 Å². The molecule has 0 spiro atoms. The molecular weight excluding hydrogens is 266 g/mol. The molecule has 4 nitrogen and oxygen atoms in total. The SMILES string of the molecule is Cc1cccc(NC(=O)CN(CCO)CC(F)F)c1C. The number of aryl methyl sites for hydroxylation is 1. The van der Waals surface area contributed by atoms with Crippen LogP contribution < -0.4 is 5.32 Å². The summed E-state index contributed by atoms with van der Waals surface area (Å²) in [6.45, 7) is 2.91. The summed E-state index contributed by atoms with van der Waals surface area (Å²) in [5, 5.41) is 11.5. The Morgan fingerprint density at radius 1 is 1.40 bits per heavy atom. The highest BCUT2D eigenvalue weighted by Gasteiger charge is 2.15. The molecule has 20 heavy (non-hydrogen) atoms. The largest absolute Gasteiger partial charge is 0.395 e. The zero-order valence-electron chi connectivity index (χ0n) is 11.7. The Hall–Kier alpha value is -1.53. The number of alkyl halides is 2. The Bertz CT molecular complexity index is 453. The molecule has 0 aliphatic carbocycles. The summed E-state index contributed by atoms with van der Waals surface area (Å²) in [5.74, 6) is -0.368. The third-order valence-corrected chi connectivity index (χ3v) is 3.06. The van der Waals surface area contributed by atoms with Gasteiger partial charge >= 0.3 is 0 Å². The summed E-state index contributed by atoms with van der Waals surface area (Å²) in [4.78, 5) is 13.1. The highest BCUT2D eigenvalue weighted by molar-refractivity contribution is 5.93. The molecule has 0 bridgehead atoms. The van der Waals surface area contributed by atoms with Crippen molar-refractivity contribution in [1.82, 2.24) is 4.90 Å². The normalized spacial score (nSPS) is 11.2. The van der Waals surface area contributed by atoms with E-state index in [1.807, 2.05) is 26.0 Å². The fraction of sp³-hybridized carbons (Fsp3) is 0.500. The minimum atomic E-state index is -2.53. The summed E-state index contributed by atoms with van der Waals surface area (Å²) in [6, 6.07) is 5.52. The van der Waals surface area contributed by atoms with E-state index in [0.29, 0.717) is 5.69 Å². The van der Waals surface area contributed by atoms with Crippen LogP contribution in [0.25, 0.3) is 0 Å². The Balaban J connectivity index is 2.63. The second-order valence-electron chi connectivity index (χ2n) is 4.65. The third kappa shape index (κ3) is 5.22. The number of anilines is 1. The lowest BCUT2D eigenvalue weighted by Crippen LogP contribution is -2.38. The fourth-order valence-corrected chi connectivity index (χ4v) is 1.85. The number of carbonyl (C=O) groups is 1. The van der Waals surface area contributed by atoms with Crippen LogP contribution in [0.5, 0.6) is 0 Å². The van der Waals surface area contributed by atoms with E-state index in [1.165, 1.54) is 4.90 Å². The van der Waals surface area contributed by atoms with Gasteiger partial charge in [-0.05, 0) is 31.0 Å². The maximum absolute atomic E-state index is 12.3. The maximum atomic E-state index is 12.3. The molecule has 0 radical (unpaired) electrons. The molecule has 0 saturated heterocycles. The van der Waals surface area contributed by atoms with Crippen molar-refractivity contribution in [3.05, 3.63) is 29.3 Å². The molecule has 0 atom stereocenters. The number of rotatable bonds is 7. The molecule has 1 amide bonds. The van der Waals surface area contributed by atoms with Gasteiger partial charge in [-0.25, -0.2) is 8.78 Å². The molecule has 0 aromatic heterocycles. The van der Waals surface area contributed by atoms with Crippen LogP contribution >= 0.6 is 0 Å². The number of hydrogen-bond donors (Lipinski definition) is 2. The van der Waals surface area contributed by atoms with E-state index in [4.69, 9.17) is 5.11 Å². The van der Waals surface area contributed by atoms with Crippen LogP contribution in [0.4, 0.5) is 14.5 Å². The first-order valence-electron chi connectivity index (χ1n) is 6.41. The number of nitrogens with one attached hydrogen (secondary N) is 1. The van der Waals surface area contributed by atoms with Crippen LogP contribution in [0, 0.1) is 13.8 Å². The van der Waals surface area contributed by atoms with Crippen molar-refractivity contribution in [3.8, 4) is 0 Å². The molecule has 6 heteroatoms. The molecule has 0 aliphatic rings. The molecule has 0 saturated carbocycles. The zero-order valence-corrected chi connectivity index (χ0v) is 11.7. The molecule has 1 aromatic rings. The van der Waals surface area contributed by atoms with Crippen LogP contribution in [0.2, 0.25) is 0 Å². The van der Waals surface area contributed by atoms with E-state index in [1.54, 1.807) is 6.07 Å². The molecule has 0 unspecified atom stereocenters. The summed E-state index contributed by atoms with van der Waals surface area (Å²) < 4.78 is 24.7. The summed E-state index contributed by atoms with van der Waals surface area (Å²) >= 11 is 0. The first-order chi connectivity index (χ1) is 9.43. The van der Waals surface area contributed by atoms with Gasteiger partial charge in [0, 0.05) is 12.2 Å². The number of nitrogens with zero attached hydrogens (tertiary/aromatic N) is 1. The van der Waals surface area contributed by atoms with Crippen molar-refractivity contribution in [2.24, 2.45) is 0 Å². The van der Waals surface area contributed by atoms with Crippen LogP contribution in [0.1, 0.15) is 11.1 Å². The summed E-state index contributed by atoms with van der Waals surface area (Å²) in [7, 11) is 0. The third-order valence-electron chi connectivity index (χ3n) is 3.06. The smallest absolute Gasteiger partial charge is 0.251 e. The van der Waals surface area contributed by atoms with Gasteiger partial charge in [-0.2, -0.15) is 0 Å². The second kappa shape index (κ2) is 7.91. The average molecular weight is 286 g/mol. The number of carbonyl (C=O) groups excluding carboxylic acids is 1. The highest BCUT2D eigenvalue weighted by atomic mass is 19.3. The number of benzene rings is 1. The van der Waals surface area contributed by atoms with Crippen molar-refractivity contribution in [2.45, 2.75) is 20.3 Å². The van der Waals surface area contributed by atoms with Gasteiger partial charge in [0.05, 0.1) is 19.7 Å². The Kier molecular flexibility index (Phi) is 6.54. The van der Waals surface area contributed by atoms with Crippen molar-refractivity contribution < 1.29 is 18.7 Å². The molecule has 0 heterocycles. The predicted octanol–water partition coefficient (Wildman–Crippen LogP) is 1.80. The number of halogens is 2. The topological polar surface area (TPSA) is 52.6 Å². The van der Waals surface area contributed by atoms with Crippen molar-refractivity contribution in [3.63, 3.8) is 0 Å².